The fourth-order valence-electron chi connectivity index (χ4n) is 2.70. The molecule has 1 aromatic carbocycles. The number of hydrogen-bond acceptors (Lipinski definition) is 4. The van der Waals surface area contributed by atoms with E-state index in [2.05, 4.69) is 50.1 Å². The molecule has 110 valence electrons. The molecule has 1 saturated heterocycles. The summed E-state index contributed by atoms with van der Waals surface area (Å²) in [7, 11) is 0. The zero-order valence-corrected chi connectivity index (χ0v) is 13.1. The summed E-state index contributed by atoms with van der Waals surface area (Å²) in [6, 6.07) is 10.5. The minimum absolute atomic E-state index is 0.558. The summed E-state index contributed by atoms with van der Waals surface area (Å²) in [4.78, 5) is 13.5. The monoisotopic (exact) mass is 302 g/mol. The lowest BCUT2D eigenvalue weighted by atomic mass is 10.2. The van der Waals surface area contributed by atoms with Gasteiger partial charge < -0.3 is 9.80 Å². The number of halogens is 1. The maximum absolute atomic E-state index is 6.17. The van der Waals surface area contributed by atoms with Crippen LogP contribution in [0.3, 0.4) is 0 Å². The lowest BCUT2D eigenvalue weighted by Gasteiger charge is -2.37. The highest BCUT2D eigenvalue weighted by molar-refractivity contribution is 6.30. The first-order valence-corrected chi connectivity index (χ1v) is 7.58. The minimum Gasteiger partial charge on any atom is -0.368 e. The number of hydrogen-bond donors (Lipinski definition) is 0. The molecule has 0 bridgehead atoms. The summed E-state index contributed by atoms with van der Waals surface area (Å²) in [6.07, 6.45) is 0. The third kappa shape index (κ3) is 2.95. The van der Waals surface area contributed by atoms with Crippen LogP contribution >= 0.6 is 11.6 Å². The van der Waals surface area contributed by atoms with Gasteiger partial charge in [0.25, 0.3) is 0 Å². The molecular formula is C16H19ClN4. The van der Waals surface area contributed by atoms with Crippen molar-refractivity contribution in [2.45, 2.75) is 13.8 Å². The molecule has 0 atom stereocenters. The standard InChI is InChI=1S/C16H19ClN4/c1-12-15(17)18-13(2)19-16(12)21-10-8-20(9-11-21)14-6-4-3-5-7-14/h3-7H,8-11H2,1-2H3. The lowest BCUT2D eigenvalue weighted by molar-refractivity contribution is 0.644. The van der Waals surface area contributed by atoms with Crippen molar-refractivity contribution in [2.24, 2.45) is 0 Å². The number of rotatable bonds is 2. The van der Waals surface area contributed by atoms with Crippen LogP contribution in [0.5, 0.6) is 0 Å². The summed E-state index contributed by atoms with van der Waals surface area (Å²) in [5.74, 6) is 1.70. The summed E-state index contributed by atoms with van der Waals surface area (Å²) in [5, 5.41) is 0.558. The van der Waals surface area contributed by atoms with Crippen LogP contribution < -0.4 is 9.80 Å². The van der Waals surface area contributed by atoms with E-state index in [1.807, 2.05) is 13.8 Å². The van der Waals surface area contributed by atoms with Crippen molar-refractivity contribution in [2.75, 3.05) is 36.0 Å². The zero-order chi connectivity index (χ0) is 14.8. The molecule has 0 unspecified atom stereocenters. The van der Waals surface area contributed by atoms with Crippen molar-refractivity contribution < 1.29 is 0 Å². The van der Waals surface area contributed by atoms with Gasteiger partial charge in [0.2, 0.25) is 0 Å². The van der Waals surface area contributed by atoms with E-state index < -0.39 is 0 Å². The zero-order valence-electron chi connectivity index (χ0n) is 12.4. The van der Waals surface area contributed by atoms with E-state index in [0.29, 0.717) is 5.15 Å². The van der Waals surface area contributed by atoms with Gasteiger partial charge in [0.15, 0.2) is 0 Å². The maximum Gasteiger partial charge on any atom is 0.137 e. The Kier molecular flexibility index (Phi) is 3.97. The van der Waals surface area contributed by atoms with Crippen LogP contribution in [0.1, 0.15) is 11.4 Å². The van der Waals surface area contributed by atoms with Crippen molar-refractivity contribution in [3.8, 4) is 0 Å². The Balaban J connectivity index is 1.74. The predicted molar refractivity (Wildman–Crippen MR) is 87.4 cm³/mol. The number of benzene rings is 1. The van der Waals surface area contributed by atoms with Gasteiger partial charge in [-0.3, -0.25) is 0 Å². The molecule has 0 amide bonds. The third-order valence-corrected chi connectivity index (χ3v) is 4.24. The average molecular weight is 303 g/mol. The molecule has 2 aromatic rings. The molecule has 0 spiro atoms. The number of aromatic nitrogens is 2. The first-order valence-electron chi connectivity index (χ1n) is 7.21. The van der Waals surface area contributed by atoms with Gasteiger partial charge in [-0.1, -0.05) is 29.8 Å². The molecule has 1 aliphatic rings. The van der Waals surface area contributed by atoms with Crippen molar-refractivity contribution in [1.82, 2.24) is 9.97 Å². The van der Waals surface area contributed by atoms with E-state index in [0.717, 1.165) is 43.4 Å². The van der Waals surface area contributed by atoms with Crippen molar-refractivity contribution in [3.05, 3.63) is 46.9 Å². The van der Waals surface area contributed by atoms with Crippen molar-refractivity contribution >= 4 is 23.1 Å². The summed E-state index contributed by atoms with van der Waals surface area (Å²) < 4.78 is 0. The van der Waals surface area contributed by atoms with Crippen LogP contribution in [0.15, 0.2) is 30.3 Å². The summed E-state index contributed by atoms with van der Waals surface area (Å²) in [5.41, 5.74) is 2.25. The molecular weight excluding hydrogens is 284 g/mol. The Morgan fingerprint density at radius 2 is 1.52 bits per heavy atom. The van der Waals surface area contributed by atoms with Gasteiger partial charge in [-0.05, 0) is 26.0 Å². The van der Waals surface area contributed by atoms with E-state index in [4.69, 9.17) is 11.6 Å². The van der Waals surface area contributed by atoms with Crippen LogP contribution in [-0.2, 0) is 0 Å². The summed E-state index contributed by atoms with van der Waals surface area (Å²) in [6.45, 7) is 7.75. The highest BCUT2D eigenvalue weighted by Gasteiger charge is 2.21. The topological polar surface area (TPSA) is 32.3 Å². The molecule has 0 N–H and O–H groups in total. The Labute approximate surface area is 130 Å². The highest BCUT2D eigenvalue weighted by Crippen LogP contribution is 2.25. The molecule has 1 aromatic heterocycles. The highest BCUT2D eigenvalue weighted by atomic mass is 35.5. The fourth-order valence-corrected chi connectivity index (χ4v) is 2.91. The molecule has 1 aliphatic heterocycles. The lowest BCUT2D eigenvalue weighted by Crippen LogP contribution is -2.47. The number of nitrogens with zero attached hydrogens (tertiary/aromatic N) is 4. The van der Waals surface area contributed by atoms with E-state index in [9.17, 15) is 0 Å². The van der Waals surface area contributed by atoms with E-state index in [-0.39, 0.29) is 0 Å². The third-order valence-electron chi connectivity index (χ3n) is 3.87. The van der Waals surface area contributed by atoms with E-state index >= 15 is 0 Å². The SMILES string of the molecule is Cc1nc(Cl)c(C)c(N2CCN(c3ccccc3)CC2)n1. The Morgan fingerprint density at radius 3 is 2.19 bits per heavy atom. The number of anilines is 2. The average Bonchev–Trinajstić information content (AvgIpc) is 2.52. The molecule has 1 fully saturated rings. The molecule has 0 radical (unpaired) electrons. The second kappa shape index (κ2) is 5.90. The van der Waals surface area contributed by atoms with Crippen LogP contribution in [0, 0.1) is 13.8 Å². The van der Waals surface area contributed by atoms with Gasteiger partial charge in [0.05, 0.1) is 0 Å². The van der Waals surface area contributed by atoms with Crippen LogP contribution in [0.25, 0.3) is 0 Å². The quantitative estimate of drug-likeness (QED) is 0.798. The molecule has 2 heterocycles. The van der Waals surface area contributed by atoms with E-state index in [1.165, 1.54) is 5.69 Å². The summed E-state index contributed by atoms with van der Waals surface area (Å²) >= 11 is 6.17. The second-order valence-corrected chi connectivity index (χ2v) is 5.68. The minimum atomic E-state index is 0.558. The predicted octanol–water partition coefficient (Wildman–Crippen LogP) is 3.07. The molecule has 3 rings (SSSR count). The van der Waals surface area contributed by atoms with Gasteiger partial charge in [-0.15, -0.1) is 0 Å². The van der Waals surface area contributed by atoms with Crippen LogP contribution in [-0.4, -0.2) is 36.1 Å². The van der Waals surface area contributed by atoms with Crippen LogP contribution in [0.2, 0.25) is 5.15 Å². The van der Waals surface area contributed by atoms with Crippen molar-refractivity contribution in [3.63, 3.8) is 0 Å². The van der Waals surface area contributed by atoms with Gasteiger partial charge in [0, 0.05) is 37.4 Å². The van der Waals surface area contributed by atoms with Crippen molar-refractivity contribution in [1.29, 1.82) is 0 Å². The first kappa shape index (κ1) is 14.1. The molecule has 5 heteroatoms. The fraction of sp³-hybridized carbons (Fsp3) is 0.375. The Hall–Kier alpha value is -1.81. The first-order chi connectivity index (χ1) is 10.1. The van der Waals surface area contributed by atoms with E-state index in [1.54, 1.807) is 0 Å². The smallest absolute Gasteiger partial charge is 0.137 e. The van der Waals surface area contributed by atoms with Gasteiger partial charge in [0.1, 0.15) is 16.8 Å². The number of para-hydroxylation sites is 1. The second-order valence-electron chi connectivity index (χ2n) is 5.32. The van der Waals surface area contributed by atoms with Gasteiger partial charge in [-0.2, -0.15) is 0 Å². The van der Waals surface area contributed by atoms with Crippen LogP contribution in [0.4, 0.5) is 11.5 Å². The molecule has 0 saturated carbocycles. The Morgan fingerprint density at radius 1 is 0.905 bits per heavy atom. The number of aryl methyl sites for hydroxylation is 1. The van der Waals surface area contributed by atoms with Gasteiger partial charge in [-0.25, -0.2) is 9.97 Å². The molecule has 4 nitrogen and oxygen atoms in total. The Bertz CT molecular complexity index is 622. The number of piperazine rings is 1. The maximum atomic E-state index is 6.17. The largest absolute Gasteiger partial charge is 0.368 e. The molecule has 0 aliphatic carbocycles. The normalized spacial score (nSPS) is 15.4. The van der Waals surface area contributed by atoms with Gasteiger partial charge >= 0.3 is 0 Å². The molecule has 21 heavy (non-hydrogen) atoms.